The molecular weight excluding hydrogens is 287 g/mol. The van der Waals surface area contributed by atoms with E-state index in [9.17, 15) is 9.18 Å². The highest BCUT2D eigenvalue weighted by Gasteiger charge is 2.18. The van der Waals surface area contributed by atoms with Crippen LogP contribution in [0.25, 0.3) is 0 Å². The molecule has 0 bridgehead atoms. The number of hydrogen-bond donors (Lipinski definition) is 2. The Hall–Kier alpha value is -2.27. The zero-order valence-electron chi connectivity index (χ0n) is 11.5. The van der Waals surface area contributed by atoms with Crippen molar-refractivity contribution in [3.63, 3.8) is 0 Å². The third-order valence-electron chi connectivity index (χ3n) is 3.00. The molecule has 0 spiro atoms. The van der Waals surface area contributed by atoms with E-state index in [1.165, 1.54) is 12.1 Å². The van der Waals surface area contributed by atoms with Crippen molar-refractivity contribution < 1.29 is 9.18 Å². The van der Waals surface area contributed by atoms with Crippen LogP contribution in [0.3, 0.4) is 0 Å². The van der Waals surface area contributed by atoms with Crippen molar-refractivity contribution >= 4 is 23.1 Å². The summed E-state index contributed by atoms with van der Waals surface area (Å²) in [5.74, 6) is -0.869. The summed E-state index contributed by atoms with van der Waals surface area (Å²) in [4.78, 5) is 12.4. The first-order chi connectivity index (χ1) is 9.97. The average Bonchev–Trinajstić information content (AvgIpc) is 2.44. The monoisotopic (exact) mass is 302 g/mol. The first kappa shape index (κ1) is 15.1. The van der Waals surface area contributed by atoms with Crippen LogP contribution in [0.5, 0.6) is 0 Å². The second-order valence-corrected chi connectivity index (χ2v) is 5.21. The first-order valence-corrected chi connectivity index (χ1v) is 6.80. The Balaban J connectivity index is 2.25. The quantitative estimate of drug-likeness (QED) is 0.854. The minimum Gasteiger partial charge on any atom is -0.391 e. The van der Waals surface area contributed by atoms with E-state index in [2.05, 4.69) is 5.32 Å². The lowest BCUT2D eigenvalue weighted by Crippen LogP contribution is -2.36. The second kappa shape index (κ2) is 6.45. The molecule has 1 unspecified atom stereocenters. The van der Waals surface area contributed by atoms with Gasteiger partial charge in [-0.3, -0.25) is 4.79 Å². The van der Waals surface area contributed by atoms with Crippen LogP contribution >= 0.6 is 12.2 Å². The number of carbonyl (C=O) groups is 1. The predicted octanol–water partition coefficient (Wildman–Crippen LogP) is 2.89. The number of nitrogens with one attached hydrogen (secondary N) is 1. The molecule has 2 aromatic carbocycles. The minimum atomic E-state index is -0.586. The van der Waals surface area contributed by atoms with Gasteiger partial charge in [-0.1, -0.05) is 42.5 Å². The van der Waals surface area contributed by atoms with E-state index in [1.54, 1.807) is 13.0 Å². The molecule has 3 nitrogen and oxygen atoms in total. The smallest absolute Gasteiger partial charge is 0.252 e. The number of rotatable bonds is 4. The molecule has 108 valence electrons. The average molecular weight is 302 g/mol. The van der Waals surface area contributed by atoms with Gasteiger partial charge in [0.05, 0.1) is 0 Å². The van der Waals surface area contributed by atoms with Gasteiger partial charge >= 0.3 is 0 Å². The van der Waals surface area contributed by atoms with Crippen molar-refractivity contribution in [2.24, 2.45) is 5.73 Å². The fourth-order valence-corrected chi connectivity index (χ4v) is 2.24. The lowest BCUT2D eigenvalue weighted by molar-refractivity contribution is 0.0946. The molecule has 0 radical (unpaired) electrons. The molecule has 2 aromatic rings. The number of nitrogens with two attached hydrogens (primary N) is 1. The van der Waals surface area contributed by atoms with Crippen molar-refractivity contribution in [1.29, 1.82) is 0 Å². The largest absolute Gasteiger partial charge is 0.391 e. The van der Waals surface area contributed by atoms with Gasteiger partial charge < -0.3 is 11.1 Å². The Bertz CT molecular complexity index is 653. The van der Waals surface area contributed by atoms with Crippen LogP contribution in [0.4, 0.5) is 4.39 Å². The molecule has 0 saturated carbocycles. The molecule has 2 rings (SSSR count). The van der Waals surface area contributed by atoms with Gasteiger partial charge in [0.25, 0.3) is 5.91 Å². The third kappa shape index (κ3) is 3.86. The van der Waals surface area contributed by atoms with Gasteiger partial charge in [0.1, 0.15) is 16.8 Å². The maximum atomic E-state index is 13.4. The van der Waals surface area contributed by atoms with Crippen LogP contribution in [0, 0.1) is 12.7 Å². The van der Waals surface area contributed by atoms with Gasteiger partial charge in [-0.05, 0) is 36.2 Å². The Morgan fingerprint density at radius 2 is 1.90 bits per heavy atom. The van der Waals surface area contributed by atoms with Gasteiger partial charge in [0, 0.05) is 5.56 Å². The summed E-state index contributed by atoms with van der Waals surface area (Å²) >= 11 is 5.01. The van der Waals surface area contributed by atoms with Crippen LogP contribution in [0.1, 0.15) is 27.5 Å². The van der Waals surface area contributed by atoms with E-state index in [1.807, 2.05) is 30.3 Å². The lowest BCUT2D eigenvalue weighted by atomic mass is 10.1. The van der Waals surface area contributed by atoms with E-state index >= 15 is 0 Å². The molecule has 0 saturated heterocycles. The van der Waals surface area contributed by atoms with Crippen LogP contribution < -0.4 is 11.1 Å². The van der Waals surface area contributed by atoms with Gasteiger partial charge in [-0.15, -0.1) is 0 Å². The summed E-state index contributed by atoms with van der Waals surface area (Å²) < 4.78 is 13.4. The number of halogens is 1. The van der Waals surface area contributed by atoms with Crippen molar-refractivity contribution in [3.8, 4) is 0 Å². The third-order valence-corrected chi connectivity index (χ3v) is 3.23. The van der Waals surface area contributed by atoms with Crippen molar-refractivity contribution in [3.05, 3.63) is 71.0 Å². The number of aryl methyl sites for hydroxylation is 1. The number of carbonyl (C=O) groups excluding carboxylic acids is 1. The van der Waals surface area contributed by atoms with Crippen molar-refractivity contribution in [2.75, 3.05) is 0 Å². The summed E-state index contributed by atoms with van der Waals surface area (Å²) in [6.45, 7) is 1.72. The highest BCUT2D eigenvalue weighted by molar-refractivity contribution is 7.80. The molecule has 1 amide bonds. The Morgan fingerprint density at radius 1 is 1.24 bits per heavy atom. The van der Waals surface area contributed by atoms with E-state index in [4.69, 9.17) is 18.0 Å². The second-order valence-electron chi connectivity index (χ2n) is 4.74. The van der Waals surface area contributed by atoms with Crippen molar-refractivity contribution in [2.45, 2.75) is 13.0 Å². The highest BCUT2D eigenvalue weighted by Crippen LogP contribution is 2.15. The summed E-state index contributed by atoms with van der Waals surface area (Å²) in [6, 6.07) is 12.7. The van der Waals surface area contributed by atoms with Crippen molar-refractivity contribution in [1.82, 2.24) is 5.32 Å². The van der Waals surface area contributed by atoms with Gasteiger partial charge in [0.15, 0.2) is 0 Å². The highest BCUT2D eigenvalue weighted by atomic mass is 32.1. The molecular formula is C16H15FN2OS. The SMILES string of the molecule is Cc1cc(F)cc(C(=O)NC(C(N)=S)c2ccccc2)c1. The normalized spacial score (nSPS) is 11.7. The van der Waals surface area contributed by atoms with Crippen LogP contribution in [-0.2, 0) is 0 Å². The van der Waals surface area contributed by atoms with E-state index in [-0.39, 0.29) is 10.6 Å². The lowest BCUT2D eigenvalue weighted by Gasteiger charge is -2.18. The van der Waals surface area contributed by atoms with E-state index in [0.29, 0.717) is 5.56 Å². The number of benzene rings is 2. The van der Waals surface area contributed by atoms with Crippen LogP contribution in [0.15, 0.2) is 48.5 Å². The zero-order chi connectivity index (χ0) is 15.4. The molecule has 3 N–H and O–H groups in total. The number of amides is 1. The van der Waals surface area contributed by atoms with Gasteiger partial charge in [0.2, 0.25) is 0 Å². The zero-order valence-corrected chi connectivity index (χ0v) is 12.3. The maximum absolute atomic E-state index is 13.4. The Morgan fingerprint density at radius 3 is 2.48 bits per heavy atom. The first-order valence-electron chi connectivity index (χ1n) is 6.39. The molecule has 0 aromatic heterocycles. The summed E-state index contributed by atoms with van der Waals surface area (Å²) in [5, 5.41) is 2.73. The van der Waals surface area contributed by atoms with Crippen LogP contribution in [-0.4, -0.2) is 10.9 Å². The fraction of sp³-hybridized carbons (Fsp3) is 0.125. The number of hydrogen-bond acceptors (Lipinski definition) is 2. The minimum absolute atomic E-state index is 0.155. The summed E-state index contributed by atoms with van der Waals surface area (Å²) in [7, 11) is 0. The molecule has 0 fully saturated rings. The molecule has 21 heavy (non-hydrogen) atoms. The predicted molar refractivity (Wildman–Crippen MR) is 84.6 cm³/mol. The Kier molecular flexibility index (Phi) is 4.65. The maximum Gasteiger partial charge on any atom is 0.252 e. The van der Waals surface area contributed by atoms with E-state index in [0.717, 1.165) is 5.56 Å². The molecule has 5 heteroatoms. The molecule has 1 atom stereocenters. The summed E-state index contributed by atoms with van der Waals surface area (Å²) in [5.41, 5.74) is 7.39. The molecule has 0 aliphatic carbocycles. The molecule has 0 heterocycles. The van der Waals surface area contributed by atoms with Crippen LogP contribution in [0.2, 0.25) is 0 Å². The van der Waals surface area contributed by atoms with Gasteiger partial charge in [-0.25, -0.2) is 4.39 Å². The Labute approximate surface area is 128 Å². The van der Waals surface area contributed by atoms with Gasteiger partial charge in [-0.2, -0.15) is 0 Å². The fourth-order valence-electron chi connectivity index (χ4n) is 2.05. The molecule has 0 aliphatic heterocycles. The van der Waals surface area contributed by atoms with E-state index < -0.39 is 17.8 Å². The number of thiocarbonyl (C=S) groups is 1. The summed E-state index contributed by atoms with van der Waals surface area (Å²) in [6.07, 6.45) is 0. The topological polar surface area (TPSA) is 55.1 Å². The standard InChI is InChI=1S/C16H15FN2OS/c1-10-7-12(9-13(17)8-10)16(20)19-14(15(18)21)11-5-3-2-4-6-11/h2-9,14H,1H3,(H2,18,21)(H,19,20). The molecule has 0 aliphatic rings.